The molecule has 0 bridgehead atoms. The first-order chi connectivity index (χ1) is 11.2. The molecule has 2 fully saturated rings. The van der Waals surface area contributed by atoms with Gasteiger partial charge in [0.2, 0.25) is 0 Å². The van der Waals surface area contributed by atoms with E-state index in [4.69, 9.17) is 0 Å². The van der Waals surface area contributed by atoms with Crippen LogP contribution >= 0.6 is 0 Å². The van der Waals surface area contributed by atoms with Gasteiger partial charge in [-0.05, 0) is 37.7 Å². The molecule has 1 aromatic rings. The molecule has 4 nitrogen and oxygen atoms in total. The second kappa shape index (κ2) is 7.35. The molecule has 1 aliphatic heterocycles. The molecule has 23 heavy (non-hydrogen) atoms. The maximum atomic E-state index is 4.39. The molecular formula is C19H30N4. The van der Waals surface area contributed by atoms with Crippen molar-refractivity contribution in [2.75, 3.05) is 13.6 Å². The SMILES string of the molecule is CN=C(NC1CCN(Cc2ccccc2)C(C)C1)NC1CC1C. The highest BCUT2D eigenvalue weighted by Gasteiger charge is 2.34. The van der Waals surface area contributed by atoms with Crippen molar-refractivity contribution in [3.8, 4) is 0 Å². The fourth-order valence-electron chi connectivity index (χ4n) is 3.47. The van der Waals surface area contributed by atoms with Gasteiger partial charge in [-0.25, -0.2) is 0 Å². The van der Waals surface area contributed by atoms with Crippen molar-refractivity contribution < 1.29 is 0 Å². The van der Waals surface area contributed by atoms with E-state index in [0.29, 0.717) is 18.1 Å². The topological polar surface area (TPSA) is 39.7 Å². The standard InChI is InChI=1S/C19H30N4/c1-14-11-18(14)22-19(20-3)21-17-9-10-23(15(2)12-17)13-16-7-5-4-6-8-16/h4-8,14-15,17-18H,9-13H2,1-3H3,(H2,20,21,22). The van der Waals surface area contributed by atoms with Crippen molar-refractivity contribution in [1.29, 1.82) is 0 Å². The lowest BCUT2D eigenvalue weighted by atomic mass is 9.97. The predicted molar refractivity (Wildman–Crippen MR) is 96.5 cm³/mol. The fraction of sp³-hybridized carbons (Fsp3) is 0.632. The van der Waals surface area contributed by atoms with Gasteiger partial charge in [0.15, 0.2) is 5.96 Å². The number of likely N-dealkylation sites (tertiary alicyclic amines) is 1. The van der Waals surface area contributed by atoms with E-state index in [1.807, 2.05) is 7.05 Å². The van der Waals surface area contributed by atoms with Gasteiger partial charge in [-0.15, -0.1) is 0 Å². The van der Waals surface area contributed by atoms with E-state index in [2.05, 4.69) is 64.7 Å². The monoisotopic (exact) mass is 314 g/mol. The molecule has 4 atom stereocenters. The lowest BCUT2D eigenvalue weighted by Crippen LogP contribution is -2.51. The average molecular weight is 314 g/mol. The van der Waals surface area contributed by atoms with Crippen molar-refractivity contribution in [3.05, 3.63) is 35.9 Å². The first-order valence-electron chi connectivity index (χ1n) is 8.93. The van der Waals surface area contributed by atoms with Gasteiger partial charge in [0.25, 0.3) is 0 Å². The fourth-order valence-corrected chi connectivity index (χ4v) is 3.47. The van der Waals surface area contributed by atoms with Crippen LogP contribution in [0, 0.1) is 5.92 Å². The highest BCUT2D eigenvalue weighted by molar-refractivity contribution is 5.80. The van der Waals surface area contributed by atoms with E-state index in [9.17, 15) is 0 Å². The molecular weight excluding hydrogens is 284 g/mol. The predicted octanol–water partition coefficient (Wildman–Crippen LogP) is 2.61. The zero-order valence-electron chi connectivity index (χ0n) is 14.6. The summed E-state index contributed by atoms with van der Waals surface area (Å²) >= 11 is 0. The quantitative estimate of drug-likeness (QED) is 0.663. The molecule has 1 heterocycles. The highest BCUT2D eigenvalue weighted by atomic mass is 15.2. The van der Waals surface area contributed by atoms with Gasteiger partial charge in [-0.2, -0.15) is 0 Å². The molecule has 0 amide bonds. The second-order valence-corrected chi connectivity index (χ2v) is 7.21. The van der Waals surface area contributed by atoms with Crippen molar-refractivity contribution in [3.63, 3.8) is 0 Å². The number of nitrogens with zero attached hydrogens (tertiary/aromatic N) is 2. The Labute approximate surface area is 140 Å². The van der Waals surface area contributed by atoms with E-state index < -0.39 is 0 Å². The average Bonchev–Trinajstić information content (AvgIpc) is 3.25. The Balaban J connectivity index is 1.48. The number of guanidine groups is 1. The van der Waals surface area contributed by atoms with Crippen LogP contribution in [0.15, 0.2) is 35.3 Å². The molecule has 1 aliphatic carbocycles. The number of aliphatic imine (C=N–C) groups is 1. The lowest BCUT2D eigenvalue weighted by molar-refractivity contribution is 0.134. The van der Waals surface area contributed by atoms with Gasteiger partial charge in [0.1, 0.15) is 0 Å². The number of benzene rings is 1. The molecule has 2 N–H and O–H groups in total. The maximum Gasteiger partial charge on any atom is 0.191 e. The Morgan fingerprint density at radius 3 is 2.52 bits per heavy atom. The number of nitrogens with one attached hydrogen (secondary N) is 2. The van der Waals surface area contributed by atoms with Gasteiger partial charge in [0, 0.05) is 38.3 Å². The summed E-state index contributed by atoms with van der Waals surface area (Å²) in [6, 6.07) is 12.5. The van der Waals surface area contributed by atoms with Gasteiger partial charge in [0.05, 0.1) is 0 Å². The summed E-state index contributed by atoms with van der Waals surface area (Å²) in [5.74, 6) is 1.77. The Morgan fingerprint density at radius 2 is 1.91 bits per heavy atom. The summed E-state index contributed by atoms with van der Waals surface area (Å²) in [6.45, 7) is 6.83. The Bertz CT molecular complexity index is 527. The first-order valence-corrected chi connectivity index (χ1v) is 8.93. The second-order valence-electron chi connectivity index (χ2n) is 7.21. The lowest BCUT2D eigenvalue weighted by Gasteiger charge is -2.38. The van der Waals surface area contributed by atoms with Crippen LogP contribution in [0.4, 0.5) is 0 Å². The van der Waals surface area contributed by atoms with E-state index >= 15 is 0 Å². The first kappa shape index (κ1) is 16.3. The smallest absolute Gasteiger partial charge is 0.191 e. The number of hydrogen-bond donors (Lipinski definition) is 2. The minimum Gasteiger partial charge on any atom is -0.354 e. The minimum absolute atomic E-state index is 0.525. The third kappa shape index (κ3) is 4.47. The van der Waals surface area contributed by atoms with Gasteiger partial charge in [-0.1, -0.05) is 37.3 Å². The van der Waals surface area contributed by atoms with Gasteiger partial charge < -0.3 is 10.6 Å². The third-order valence-corrected chi connectivity index (χ3v) is 5.24. The summed E-state index contributed by atoms with van der Waals surface area (Å²) in [6.07, 6.45) is 3.62. The molecule has 2 aliphatic rings. The van der Waals surface area contributed by atoms with E-state index in [0.717, 1.165) is 25.0 Å². The summed E-state index contributed by atoms with van der Waals surface area (Å²) < 4.78 is 0. The number of rotatable bonds is 4. The molecule has 1 saturated heterocycles. The van der Waals surface area contributed by atoms with E-state index in [-0.39, 0.29) is 0 Å². The van der Waals surface area contributed by atoms with Crippen LogP contribution in [0.2, 0.25) is 0 Å². The van der Waals surface area contributed by atoms with Gasteiger partial charge in [-0.3, -0.25) is 9.89 Å². The maximum absolute atomic E-state index is 4.39. The minimum atomic E-state index is 0.525. The molecule has 4 unspecified atom stereocenters. The largest absolute Gasteiger partial charge is 0.354 e. The molecule has 0 spiro atoms. The highest BCUT2D eigenvalue weighted by Crippen LogP contribution is 2.29. The van der Waals surface area contributed by atoms with Crippen LogP contribution in [0.25, 0.3) is 0 Å². The van der Waals surface area contributed by atoms with Crippen LogP contribution in [0.5, 0.6) is 0 Å². The van der Waals surface area contributed by atoms with E-state index in [1.165, 1.54) is 24.8 Å². The zero-order chi connectivity index (χ0) is 16.2. The Kier molecular flexibility index (Phi) is 5.21. The molecule has 0 radical (unpaired) electrons. The molecule has 3 rings (SSSR count). The van der Waals surface area contributed by atoms with Crippen molar-refractivity contribution in [1.82, 2.24) is 15.5 Å². The molecule has 0 aromatic heterocycles. The van der Waals surface area contributed by atoms with Crippen LogP contribution in [-0.2, 0) is 6.54 Å². The third-order valence-electron chi connectivity index (χ3n) is 5.24. The Morgan fingerprint density at radius 1 is 1.17 bits per heavy atom. The van der Waals surface area contributed by atoms with Crippen molar-refractivity contribution in [2.24, 2.45) is 10.9 Å². The number of piperidine rings is 1. The molecule has 126 valence electrons. The van der Waals surface area contributed by atoms with Crippen molar-refractivity contribution >= 4 is 5.96 Å². The van der Waals surface area contributed by atoms with Crippen LogP contribution in [0.1, 0.15) is 38.7 Å². The van der Waals surface area contributed by atoms with Crippen molar-refractivity contribution in [2.45, 2.75) is 57.8 Å². The molecule has 1 saturated carbocycles. The molecule has 4 heteroatoms. The van der Waals surface area contributed by atoms with Crippen LogP contribution < -0.4 is 10.6 Å². The summed E-state index contributed by atoms with van der Waals surface area (Å²) in [4.78, 5) is 6.98. The molecule has 1 aromatic carbocycles. The van der Waals surface area contributed by atoms with E-state index in [1.54, 1.807) is 0 Å². The number of hydrogen-bond acceptors (Lipinski definition) is 2. The zero-order valence-corrected chi connectivity index (χ0v) is 14.6. The summed E-state index contributed by atoms with van der Waals surface area (Å²) in [5, 5.41) is 7.15. The van der Waals surface area contributed by atoms with Crippen LogP contribution in [0.3, 0.4) is 0 Å². The normalized spacial score (nSPS) is 31.7. The summed E-state index contributed by atoms with van der Waals surface area (Å²) in [7, 11) is 1.87. The van der Waals surface area contributed by atoms with Crippen LogP contribution in [-0.4, -0.2) is 42.6 Å². The Hall–Kier alpha value is -1.55. The summed E-state index contributed by atoms with van der Waals surface area (Å²) in [5.41, 5.74) is 1.41. The van der Waals surface area contributed by atoms with Gasteiger partial charge >= 0.3 is 0 Å².